The van der Waals surface area contributed by atoms with Crippen LogP contribution in [-0.2, 0) is 0 Å². The Bertz CT molecular complexity index is 840. The number of nitrogens with zero attached hydrogens (tertiary/aromatic N) is 1. The number of hydrogen-bond acceptors (Lipinski definition) is 4. The van der Waals surface area contributed by atoms with Gasteiger partial charge in [-0.3, -0.25) is 0 Å². The third kappa shape index (κ3) is 2.35. The van der Waals surface area contributed by atoms with Crippen molar-refractivity contribution in [1.82, 2.24) is 0 Å². The summed E-state index contributed by atoms with van der Waals surface area (Å²) in [6.45, 7) is 0. The maximum absolute atomic E-state index is 9.46. The zero-order valence-electron chi connectivity index (χ0n) is 11.3. The summed E-state index contributed by atoms with van der Waals surface area (Å²) >= 11 is 12.3. The molecule has 2 aromatic carbocycles. The van der Waals surface area contributed by atoms with Gasteiger partial charge in [0.05, 0.1) is 5.92 Å². The van der Waals surface area contributed by atoms with Crippen LogP contribution < -0.4 is 16.2 Å². The highest BCUT2D eigenvalue weighted by Gasteiger charge is 2.31. The van der Waals surface area contributed by atoms with Crippen molar-refractivity contribution in [2.24, 2.45) is 5.73 Å². The van der Waals surface area contributed by atoms with Crippen molar-refractivity contribution < 1.29 is 4.74 Å². The van der Waals surface area contributed by atoms with E-state index < -0.39 is 5.92 Å². The molecule has 0 amide bonds. The molecule has 4 N–H and O–H groups in total. The lowest BCUT2D eigenvalue weighted by atomic mass is 9.83. The third-order valence-electron chi connectivity index (χ3n) is 3.52. The van der Waals surface area contributed by atoms with Gasteiger partial charge < -0.3 is 16.2 Å². The molecule has 1 atom stereocenters. The third-order valence-corrected chi connectivity index (χ3v) is 4.08. The number of nitriles is 1. The SMILES string of the molecule is N#CC1=C(N)Oc2cc(N)ccc2C1c1ccc(Cl)cc1Cl. The maximum Gasteiger partial charge on any atom is 0.205 e. The lowest BCUT2D eigenvalue weighted by Crippen LogP contribution is -2.21. The van der Waals surface area contributed by atoms with E-state index in [4.69, 9.17) is 39.4 Å². The summed E-state index contributed by atoms with van der Waals surface area (Å²) in [6, 6.07) is 12.5. The van der Waals surface area contributed by atoms with Crippen LogP contribution in [0, 0.1) is 11.3 Å². The largest absolute Gasteiger partial charge is 0.440 e. The normalized spacial score (nSPS) is 16.7. The first-order chi connectivity index (χ1) is 10.5. The standard InChI is InChI=1S/C16H11Cl2N3O/c17-8-1-3-10(13(18)5-8)15-11-4-2-9(20)6-14(11)22-16(21)12(15)7-19/h1-6,15H,20-21H2. The molecule has 1 heterocycles. The Hall–Kier alpha value is -2.35. The molecule has 4 nitrogen and oxygen atoms in total. The smallest absolute Gasteiger partial charge is 0.205 e. The Morgan fingerprint density at radius 1 is 1.05 bits per heavy atom. The number of nitrogen functional groups attached to an aromatic ring is 1. The molecule has 0 bridgehead atoms. The fourth-order valence-electron chi connectivity index (χ4n) is 2.53. The van der Waals surface area contributed by atoms with Gasteiger partial charge in [-0.25, -0.2) is 0 Å². The van der Waals surface area contributed by atoms with Crippen LogP contribution in [0.25, 0.3) is 0 Å². The van der Waals surface area contributed by atoms with E-state index in [0.717, 1.165) is 11.1 Å². The molecule has 0 aromatic heterocycles. The van der Waals surface area contributed by atoms with Gasteiger partial charge in [0.1, 0.15) is 17.4 Å². The van der Waals surface area contributed by atoms with Gasteiger partial charge in [0.2, 0.25) is 5.88 Å². The van der Waals surface area contributed by atoms with Crippen LogP contribution in [0.4, 0.5) is 5.69 Å². The summed E-state index contributed by atoms with van der Waals surface area (Å²) in [5.74, 6) is 0.156. The number of fused-ring (bicyclic) bond motifs is 1. The molecule has 0 aliphatic carbocycles. The molecule has 22 heavy (non-hydrogen) atoms. The first-order valence-electron chi connectivity index (χ1n) is 6.43. The van der Waals surface area contributed by atoms with Gasteiger partial charge in [-0.05, 0) is 23.8 Å². The van der Waals surface area contributed by atoms with Gasteiger partial charge in [0.25, 0.3) is 0 Å². The van der Waals surface area contributed by atoms with Crippen molar-refractivity contribution in [3.8, 4) is 11.8 Å². The molecular weight excluding hydrogens is 321 g/mol. The van der Waals surface area contributed by atoms with Gasteiger partial charge >= 0.3 is 0 Å². The van der Waals surface area contributed by atoms with Crippen molar-refractivity contribution in [3.63, 3.8) is 0 Å². The molecule has 0 saturated heterocycles. The van der Waals surface area contributed by atoms with E-state index in [-0.39, 0.29) is 5.88 Å². The minimum Gasteiger partial charge on any atom is -0.440 e. The number of halogens is 2. The molecule has 6 heteroatoms. The number of rotatable bonds is 1. The van der Waals surface area contributed by atoms with E-state index in [1.165, 1.54) is 0 Å². The highest BCUT2D eigenvalue weighted by molar-refractivity contribution is 6.35. The Morgan fingerprint density at radius 3 is 2.45 bits per heavy atom. The van der Waals surface area contributed by atoms with E-state index in [9.17, 15) is 5.26 Å². The second-order valence-corrected chi connectivity index (χ2v) is 5.73. The van der Waals surface area contributed by atoms with Crippen molar-refractivity contribution in [2.75, 3.05) is 5.73 Å². The Balaban J connectivity index is 2.26. The lowest BCUT2D eigenvalue weighted by molar-refractivity contribution is 0.394. The molecular formula is C16H11Cl2N3O. The van der Waals surface area contributed by atoms with Crippen LogP contribution in [-0.4, -0.2) is 0 Å². The first kappa shape index (κ1) is 14.6. The molecule has 2 aromatic rings. The van der Waals surface area contributed by atoms with Gasteiger partial charge in [-0.15, -0.1) is 0 Å². The van der Waals surface area contributed by atoms with Gasteiger partial charge in [0.15, 0.2) is 0 Å². The monoisotopic (exact) mass is 331 g/mol. The molecule has 0 spiro atoms. The Labute approximate surface area is 137 Å². The zero-order valence-corrected chi connectivity index (χ0v) is 12.8. The van der Waals surface area contributed by atoms with Crippen LogP contribution >= 0.6 is 23.2 Å². The second kappa shape index (κ2) is 5.45. The topological polar surface area (TPSA) is 85.1 Å². The lowest BCUT2D eigenvalue weighted by Gasteiger charge is -2.27. The predicted molar refractivity (Wildman–Crippen MR) is 86.6 cm³/mol. The number of benzene rings is 2. The van der Waals surface area contributed by atoms with Crippen molar-refractivity contribution >= 4 is 28.9 Å². The van der Waals surface area contributed by atoms with Crippen LogP contribution in [0.3, 0.4) is 0 Å². The predicted octanol–water partition coefficient (Wildman–Crippen LogP) is 3.79. The van der Waals surface area contributed by atoms with Gasteiger partial charge in [-0.2, -0.15) is 5.26 Å². The van der Waals surface area contributed by atoms with Crippen LogP contribution in [0.15, 0.2) is 47.9 Å². The van der Waals surface area contributed by atoms with E-state index in [2.05, 4.69) is 6.07 Å². The average Bonchev–Trinajstić information content (AvgIpc) is 2.46. The van der Waals surface area contributed by atoms with Crippen molar-refractivity contribution in [2.45, 2.75) is 5.92 Å². The fourth-order valence-corrected chi connectivity index (χ4v) is 3.04. The molecule has 1 unspecified atom stereocenters. The van der Waals surface area contributed by atoms with Gasteiger partial charge in [0, 0.05) is 27.4 Å². The van der Waals surface area contributed by atoms with E-state index in [1.807, 2.05) is 6.07 Å². The molecule has 3 rings (SSSR count). The minimum atomic E-state index is -0.417. The zero-order chi connectivity index (χ0) is 15.9. The summed E-state index contributed by atoms with van der Waals surface area (Å²) in [6.07, 6.45) is 0. The van der Waals surface area contributed by atoms with Crippen LogP contribution in [0.2, 0.25) is 10.0 Å². The molecule has 0 radical (unpaired) electrons. The Kier molecular flexibility index (Phi) is 3.61. The second-order valence-electron chi connectivity index (χ2n) is 4.89. The number of ether oxygens (including phenoxy) is 1. The average molecular weight is 332 g/mol. The minimum absolute atomic E-state index is 0.0524. The van der Waals surface area contributed by atoms with Crippen LogP contribution in [0.5, 0.6) is 5.75 Å². The van der Waals surface area contributed by atoms with E-state index in [1.54, 1.807) is 30.3 Å². The fraction of sp³-hybridized carbons (Fsp3) is 0.0625. The number of nitrogens with two attached hydrogens (primary N) is 2. The van der Waals surface area contributed by atoms with Crippen molar-refractivity contribution in [1.29, 1.82) is 5.26 Å². The Morgan fingerprint density at radius 2 is 1.77 bits per heavy atom. The van der Waals surface area contributed by atoms with E-state index in [0.29, 0.717) is 27.1 Å². The number of allylic oxidation sites excluding steroid dienone is 1. The molecule has 0 fully saturated rings. The highest BCUT2D eigenvalue weighted by atomic mass is 35.5. The summed E-state index contributed by atoms with van der Waals surface area (Å²) in [5.41, 5.74) is 14.0. The van der Waals surface area contributed by atoms with Crippen molar-refractivity contribution in [3.05, 3.63) is 69.0 Å². The number of hydrogen-bond donors (Lipinski definition) is 2. The first-order valence-corrected chi connectivity index (χ1v) is 7.19. The number of anilines is 1. The quantitative estimate of drug-likeness (QED) is 0.778. The summed E-state index contributed by atoms with van der Waals surface area (Å²) < 4.78 is 5.52. The van der Waals surface area contributed by atoms with E-state index >= 15 is 0 Å². The molecule has 1 aliphatic heterocycles. The summed E-state index contributed by atoms with van der Waals surface area (Å²) in [5, 5.41) is 10.4. The molecule has 110 valence electrons. The highest BCUT2D eigenvalue weighted by Crippen LogP contribution is 2.44. The molecule has 0 saturated carbocycles. The molecule has 1 aliphatic rings. The maximum atomic E-state index is 9.46. The van der Waals surface area contributed by atoms with Gasteiger partial charge in [-0.1, -0.05) is 35.3 Å². The van der Waals surface area contributed by atoms with Crippen LogP contribution in [0.1, 0.15) is 17.0 Å². The summed E-state index contributed by atoms with van der Waals surface area (Å²) in [4.78, 5) is 0. The summed E-state index contributed by atoms with van der Waals surface area (Å²) in [7, 11) is 0.